The summed E-state index contributed by atoms with van der Waals surface area (Å²) in [6.45, 7) is 9.52. The number of amides is 2. The Kier molecular flexibility index (Phi) is 8.62. The average Bonchev–Trinajstić information content (AvgIpc) is 2.55. The second kappa shape index (κ2) is 10.2. The zero-order valence-corrected chi connectivity index (χ0v) is 16.5. The van der Waals surface area contributed by atoms with Gasteiger partial charge in [0.05, 0.1) is 0 Å². The Morgan fingerprint density at radius 1 is 0.840 bits per heavy atom. The summed E-state index contributed by atoms with van der Waals surface area (Å²) in [4.78, 5) is 25.8. The molecule has 0 aromatic heterocycles. The summed E-state index contributed by atoms with van der Waals surface area (Å²) >= 11 is 0. The maximum Gasteiger partial charge on any atom is 0.222 e. The van der Waals surface area contributed by atoms with Crippen LogP contribution in [0.4, 0.5) is 0 Å². The van der Waals surface area contributed by atoms with Gasteiger partial charge in [0.15, 0.2) is 0 Å². The number of hydrogen-bond acceptors (Lipinski definition) is 3. The van der Waals surface area contributed by atoms with Crippen LogP contribution in [0.5, 0.6) is 0 Å². The zero-order valence-electron chi connectivity index (χ0n) is 16.5. The van der Waals surface area contributed by atoms with Crippen LogP contribution in [-0.2, 0) is 29.1 Å². The lowest BCUT2D eigenvalue weighted by atomic mass is 10.0. The zero-order chi connectivity index (χ0) is 19.0. The Hall–Kier alpha value is -1.88. The van der Waals surface area contributed by atoms with Gasteiger partial charge >= 0.3 is 0 Å². The Morgan fingerprint density at radius 2 is 1.24 bits per heavy atom. The molecule has 5 nitrogen and oxygen atoms in total. The van der Waals surface area contributed by atoms with Gasteiger partial charge in [-0.15, -0.1) is 0 Å². The minimum atomic E-state index is -0.0262. The summed E-state index contributed by atoms with van der Waals surface area (Å²) in [5.41, 5.74) is 3.36. The molecule has 25 heavy (non-hydrogen) atoms. The molecule has 0 saturated carbocycles. The second-order valence-corrected chi connectivity index (χ2v) is 7.46. The standard InChI is InChI=1S/C20H33N3O2/c1-14(2)19(24)21-12-17-9-16(7-8-23(5)6)10-18(11-17)13-22-20(25)15(3)4/h9-11,14-15H,7-8,12-13H2,1-6H3,(H,21,24)(H,22,25). The summed E-state index contributed by atoms with van der Waals surface area (Å²) in [6.07, 6.45) is 0.935. The number of benzene rings is 1. The first-order valence-corrected chi connectivity index (χ1v) is 9.01. The number of hydrogen-bond donors (Lipinski definition) is 2. The van der Waals surface area contributed by atoms with Crippen molar-refractivity contribution in [3.8, 4) is 0 Å². The van der Waals surface area contributed by atoms with Crippen molar-refractivity contribution < 1.29 is 9.59 Å². The lowest BCUT2D eigenvalue weighted by Gasteiger charge is -2.15. The third kappa shape index (κ3) is 8.16. The number of carbonyl (C=O) groups excluding carboxylic acids is 2. The van der Waals surface area contributed by atoms with Crippen LogP contribution < -0.4 is 10.6 Å². The van der Waals surface area contributed by atoms with Crippen LogP contribution >= 0.6 is 0 Å². The molecule has 0 aliphatic carbocycles. The molecule has 1 rings (SSSR count). The smallest absolute Gasteiger partial charge is 0.222 e. The van der Waals surface area contributed by atoms with Gasteiger partial charge in [-0.1, -0.05) is 45.9 Å². The van der Waals surface area contributed by atoms with E-state index in [-0.39, 0.29) is 23.7 Å². The third-order valence-electron chi connectivity index (χ3n) is 3.94. The monoisotopic (exact) mass is 347 g/mol. The summed E-state index contributed by atoms with van der Waals surface area (Å²) in [7, 11) is 4.10. The molecule has 0 spiro atoms. The molecule has 0 radical (unpaired) electrons. The van der Waals surface area contributed by atoms with Crippen molar-refractivity contribution >= 4 is 11.8 Å². The molecule has 0 bridgehead atoms. The molecule has 1 aromatic carbocycles. The number of likely N-dealkylation sites (N-methyl/N-ethyl adjacent to an activating group) is 1. The summed E-state index contributed by atoms with van der Waals surface area (Å²) in [5.74, 6) is 0.0464. The summed E-state index contributed by atoms with van der Waals surface area (Å²) in [6, 6.07) is 6.33. The second-order valence-electron chi connectivity index (χ2n) is 7.46. The van der Waals surface area contributed by atoms with Crippen molar-refractivity contribution in [2.24, 2.45) is 11.8 Å². The molecule has 0 saturated heterocycles. The van der Waals surface area contributed by atoms with Gasteiger partial charge in [0.2, 0.25) is 11.8 Å². The molecule has 1 aromatic rings. The van der Waals surface area contributed by atoms with E-state index in [9.17, 15) is 9.59 Å². The fourth-order valence-electron chi connectivity index (χ4n) is 2.33. The molecular weight excluding hydrogens is 314 g/mol. The van der Waals surface area contributed by atoms with Crippen molar-refractivity contribution in [1.82, 2.24) is 15.5 Å². The van der Waals surface area contributed by atoms with Crippen LogP contribution in [0.2, 0.25) is 0 Å². The Morgan fingerprint density at radius 3 is 1.60 bits per heavy atom. The fourth-order valence-corrected chi connectivity index (χ4v) is 2.33. The first kappa shape index (κ1) is 21.2. The molecular formula is C20H33N3O2. The van der Waals surface area contributed by atoms with Crippen molar-refractivity contribution in [1.29, 1.82) is 0 Å². The van der Waals surface area contributed by atoms with Gasteiger partial charge in [0.1, 0.15) is 0 Å². The SMILES string of the molecule is CC(C)C(=O)NCc1cc(CCN(C)C)cc(CNC(=O)C(C)C)c1. The van der Waals surface area contributed by atoms with E-state index in [0.717, 1.165) is 24.1 Å². The number of carbonyl (C=O) groups is 2. The van der Waals surface area contributed by atoms with E-state index in [4.69, 9.17) is 0 Å². The minimum Gasteiger partial charge on any atom is -0.352 e. The average molecular weight is 348 g/mol. The van der Waals surface area contributed by atoms with E-state index >= 15 is 0 Å². The van der Waals surface area contributed by atoms with E-state index in [1.54, 1.807) is 0 Å². The van der Waals surface area contributed by atoms with Gasteiger partial charge in [0.25, 0.3) is 0 Å². The highest BCUT2D eigenvalue weighted by atomic mass is 16.2. The van der Waals surface area contributed by atoms with E-state index in [0.29, 0.717) is 13.1 Å². The van der Waals surface area contributed by atoms with E-state index < -0.39 is 0 Å². The minimum absolute atomic E-state index is 0.0262. The van der Waals surface area contributed by atoms with Crippen LogP contribution in [-0.4, -0.2) is 37.4 Å². The quantitative estimate of drug-likeness (QED) is 0.721. The number of nitrogens with one attached hydrogen (secondary N) is 2. The molecule has 0 unspecified atom stereocenters. The lowest BCUT2D eigenvalue weighted by Crippen LogP contribution is -2.28. The summed E-state index contributed by atoms with van der Waals surface area (Å²) in [5, 5.41) is 5.93. The van der Waals surface area contributed by atoms with Gasteiger partial charge in [0, 0.05) is 31.5 Å². The normalized spacial score (nSPS) is 11.2. The molecule has 0 heterocycles. The first-order chi connectivity index (χ1) is 11.7. The van der Waals surface area contributed by atoms with Crippen LogP contribution in [0.15, 0.2) is 18.2 Å². The maximum atomic E-state index is 11.8. The van der Waals surface area contributed by atoms with Crippen LogP contribution in [0.25, 0.3) is 0 Å². The van der Waals surface area contributed by atoms with Crippen molar-refractivity contribution in [2.45, 2.75) is 47.2 Å². The van der Waals surface area contributed by atoms with Crippen LogP contribution in [0.3, 0.4) is 0 Å². The van der Waals surface area contributed by atoms with Gasteiger partial charge < -0.3 is 15.5 Å². The van der Waals surface area contributed by atoms with E-state index in [2.05, 4.69) is 47.8 Å². The molecule has 0 aliphatic heterocycles. The van der Waals surface area contributed by atoms with E-state index in [1.165, 1.54) is 5.56 Å². The van der Waals surface area contributed by atoms with Gasteiger partial charge in [-0.25, -0.2) is 0 Å². The van der Waals surface area contributed by atoms with Gasteiger partial charge in [-0.2, -0.15) is 0 Å². The van der Waals surface area contributed by atoms with E-state index in [1.807, 2.05) is 27.7 Å². The Bertz CT molecular complexity index is 538. The predicted octanol–water partition coefficient (Wildman–Crippen LogP) is 2.34. The number of rotatable bonds is 9. The van der Waals surface area contributed by atoms with Gasteiger partial charge in [-0.05, 0) is 37.2 Å². The molecule has 5 heteroatoms. The van der Waals surface area contributed by atoms with Crippen LogP contribution in [0.1, 0.15) is 44.4 Å². The highest BCUT2D eigenvalue weighted by Crippen LogP contribution is 2.12. The highest BCUT2D eigenvalue weighted by Gasteiger charge is 2.09. The molecule has 0 atom stereocenters. The van der Waals surface area contributed by atoms with Gasteiger partial charge in [-0.3, -0.25) is 9.59 Å². The molecule has 140 valence electrons. The topological polar surface area (TPSA) is 61.4 Å². The number of nitrogens with zero attached hydrogens (tertiary/aromatic N) is 1. The van der Waals surface area contributed by atoms with Crippen LogP contribution in [0, 0.1) is 11.8 Å². The molecule has 0 aliphatic rings. The fraction of sp³-hybridized carbons (Fsp3) is 0.600. The van der Waals surface area contributed by atoms with Crippen molar-refractivity contribution in [3.63, 3.8) is 0 Å². The molecule has 0 fully saturated rings. The highest BCUT2D eigenvalue weighted by molar-refractivity contribution is 5.78. The largest absolute Gasteiger partial charge is 0.352 e. The lowest BCUT2D eigenvalue weighted by molar-refractivity contribution is -0.124. The Balaban J connectivity index is 2.86. The first-order valence-electron chi connectivity index (χ1n) is 9.01. The van der Waals surface area contributed by atoms with Crippen molar-refractivity contribution in [3.05, 3.63) is 34.9 Å². The predicted molar refractivity (Wildman–Crippen MR) is 102 cm³/mol. The molecule has 2 N–H and O–H groups in total. The van der Waals surface area contributed by atoms with Crippen molar-refractivity contribution in [2.75, 3.05) is 20.6 Å². The molecule has 2 amide bonds. The third-order valence-corrected chi connectivity index (χ3v) is 3.94. The summed E-state index contributed by atoms with van der Waals surface area (Å²) < 4.78 is 0. The maximum absolute atomic E-state index is 11.8. The Labute approximate surface area is 152 Å².